The van der Waals surface area contributed by atoms with Crippen LogP contribution < -0.4 is 0 Å². The zero-order chi connectivity index (χ0) is 14.6. The Morgan fingerprint density at radius 3 is 2.80 bits per heavy atom. The minimum atomic E-state index is -0.835. The lowest BCUT2D eigenvalue weighted by atomic mass is 10.00. The Balaban J connectivity index is 2.20. The van der Waals surface area contributed by atoms with Gasteiger partial charge < -0.3 is 14.6 Å². The molecule has 0 amide bonds. The highest BCUT2D eigenvalue weighted by Crippen LogP contribution is 2.27. The van der Waals surface area contributed by atoms with Gasteiger partial charge in [-0.15, -0.1) is 0 Å². The molecule has 2 atom stereocenters. The van der Waals surface area contributed by atoms with Gasteiger partial charge in [-0.25, -0.2) is 0 Å². The predicted molar refractivity (Wildman–Crippen MR) is 74.6 cm³/mol. The third-order valence-electron chi connectivity index (χ3n) is 3.53. The van der Waals surface area contributed by atoms with Gasteiger partial charge in [0.05, 0.1) is 13.2 Å². The van der Waals surface area contributed by atoms with Crippen LogP contribution in [0, 0.1) is 0 Å². The van der Waals surface area contributed by atoms with Gasteiger partial charge >= 0.3 is 5.97 Å². The van der Waals surface area contributed by atoms with E-state index in [1.807, 2.05) is 42.2 Å². The van der Waals surface area contributed by atoms with E-state index in [0.29, 0.717) is 26.3 Å². The summed E-state index contributed by atoms with van der Waals surface area (Å²) in [5, 5.41) is 9.57. The van der Waals surface area contributed by atoms with Crippen LogP contribution in [-0.4, -0.2) is 55.0 Å². The fourth-order valence-electron chi connectivity index (χ4n) is 2.72. The van der Waals surface area contributed by atoms with E-state index in [1.165, 1.54) is 0 Å². The largest absolute Gasteiger partial charge is 0.480 e. The Morgan fingerprint density at radius 2 is 2.20 bits per heavy atom. The maximum atomic E-state index is 11.7. The van der Waals surface area contributed by atoms with E-state index >= 15 is 0 Å². The summed E-state index contributed by atoms with van der Waals surface area (Å²) in [5.41, 5.74) is 0.330. The molecule has 1 aliphatic rings. The Kier molecular flexibility index (Phi) is 4.75. The summed E-state index contributed by atoms with van der Waals surface area (Å²) in [6.07, 6.45) is 0. The third-order valence-corrected chi connectivity index (χ3v) is 3.53. The van der Waals surface area contributed by atoms with Crippen molar-refractivity contribution < 1.29 is 19.4 Å². The first-order valence-electron chi connectivity index (χ1n) is 6.70. The molecule has 1 saturated heterocycles. The molecule has 1 aromatic carbocycles. The number of benzene rings is 1. The van der Waals surface area contributed by atoms with Gasteiger partial charge in [0.1, 0.15) is 11.6 Å². The lowest BCUT2D eigenvalue weighted by Crippen LogP contribution is -2.54. The molecule has 0 aliphatic carbocycles. The number of nitrogens with zero attached hydrogens (tertiary/aromatic N) is 1. The normalized spacial score (nSPS) is 25.3. The summed E-state index contributed by atoms with van der Waals surface area (Å²) in [4.78, 5) is 13.6. The number of rotatable bonds is 5. The van der Waals surface area contributed by atoms with Crippen LogP contribution in [0.4, 0.5) is 0 Å². The SMILES string of the molecule is COCC1(C)CN(C(C(=O)O)c2ccccc2)CCO1. The van der Waals surface area contributed by atoms with Crippen LogP contribution in [0.3, 0.4) is 0 Å². The summed E-state index contributed by atoms with van der Waals surface area (Å²) < 4.78 is 10.9. The van der Waals surface area contributed by atoms with E-state index in [0.717, 1.165) is 5.56 Å². The Hall–Kier alpha value is -1.43. The summed E-state index contributed by atoms with van der Waals surface area (Å²) in [5.74, 6) is -0.835. The van der Waals surface area contributed by atoms with E-state index in [2.05, 4.69) is 0 Å². The van der Waals surface area contributed by atoms with Crippen LogP contribution in [0.1, 0.15) is 18.5 Å². The number of hydrogen-bond acceptors (Lipinski definition) is 4. The maximum Gasteiger partial charge on any atom is 0.325 e. The van der Waals surface area contributed by atoms with Crippen molar-refractivity contribution in [2.45, 2.75) is 18.6 Å². The first-order chi connectivity index (χ1) is 9.56. The van der Waals surface area contributed by atoms with Crippen LogP contribution in [0.5, 0.6) is 0 Å². The van der Waals surface area contributed by atoms with Crippen molar-refractivity contribution >= 4 is 5.97 Å². The molecule has 1 N–H and O–H groups in total. The van der Waals surface area contributed by atoms with Gasteiger partial charge in [-0.2, -0.15) is 0 Å². The van der Waals surface area contributed by atoms with Crippen LogP contribution in [0.2, 0.25) is 0 Å². The van der Waals surface area contributed by atoms with E-state index < -0.39 is 17.6 Å². The lowest BCUT2D eigenvalue weighted by molar-refractivity contribution is -0.158. The van der Waals surface area contributed by atoms with Crippen molar-refractivity contribution in [3.05, 3.63) is 35.9 Å². The van der Waals surface area contributed by atoms with Crippen molar-refractivity contribution in [2.24, 2.45) is 0 Å². The number of carboxylic acids is 1. The smallest absolute Gasteiger partial charge is 0.325 e. The zero-order valence-corrected chi connectivity index (χ0v) is 11.9. The summed E-state index contributed by atoms with van der Waals surface area (Å²) in [6, 6.07) is 8.66. The molecule has 2 rings (SSSR count). The molecule has 20 heavy (non-hydrogen) atoms. The Labute approximate surface area is 119 Å². The van der Waals surface area contributed by atoms with Crippen molar-refractivity contribution in [3.63, 3.8) is 0 Å². The van der Waals surface area contributed by atoms with Crippen LogP contribution in [0.25, 0.3) is 0 Å². The second kappa shape index (κ2) is 6.35. The third kappa shape index (κ3) is 3.36. The monoisotopic (exact) mass is 279 g/mol. The molecular formula is C15H21NO4. The Bertz CT molecular complexity index is 446. The average molecular weight is 279 g/mol. The van der Waals surface area contributed by atoms with Gasteiger partial charge in [-0.3, -0.25) is 9.69 Å². The first-order valence-corrected chi connectivity index (χ1v) is 6.70. The fraction of sp³-hybridized carbons (Fsp3) is 0.533. The van der Waals surface area contributed by atoms with Gasteiger partial charge in [0.15, 0.2) is 0 Å². The number of carbonyl (C=O) groups is 1. The van der Waals surface area contributed by atoms with Crippen molar-refractivity contribution in [1.82, 2.24) is 4.90 Å². The molecule has 5 nitrogen and oxygen atoms in total. The van der Waals surface area contributed by atoms with Gasteiger partial charge in [0.25, 0.3) is 0 Å². The van der Waals surface area contributed by atoms with Gasteiger partial charge in [-0.1, -0.05) is 30.3 Å². The number of carboxylic acid groups (broad SMARTS) is 1. The van der Waals surface area contributed by atoms with Crippen LogP contribution >= 0.6 is 0 Å². The average Bonchev–Trinajstić information content (AvgIpc) is 2.39. The minimum Gasteiger partial charge on any atom is -0.480 e. The van der Waals surface area contributed by atoms with E-state index in [-0.39, 0.29) is 0 Å². The molecule has 110 valence electrons. The van der Waals surface area contributed by atoms with Gasteiger partial charge in [0, 0.05) is 20.2 Å². The van der Waals surface area contributed by atoms with E-state index in [1.54, 1.807) is 7.11 Å². The Morgan fingerprint density at radius 1 is 1.50 bits per heavy atom. The minimum absolute atomic E-state index is 0.449. The van der Waals surface area contributed by atoms with Crippen LogP contribution in [0.15, 0.2) is 30.3 Å². The lowest BCUT2D eigenvalue weighted by Gasteiger charge is -2.42. The summed E-state index contributed by atoms with van der Waals surface area (Å²) in [6.45, 7) is 4.05. The standard InChI is InChI=1S/C15H21NO4/c1-15(11-19-2)10-16(8-9-20-15)13(14(17)18)12-6-4-3-5-7-12/h3-7,13H,8-11H2,1-2H3,(H,17,18). The molecule has 0 aromatic heterocycles. The molecule has 5 heteroatoms. The predicted octanol–water partition coefficient (Wildman–Crippen LogP) is 1.55. The fourth-order valence-corrected chi connectivity index (χ4v) is 2.72. The number of ether oxygens (including phenoxy) is 2. The quantitative estimate of drug-likeness (QED) is 0.886. The molecule has 0 radical (unpaired) electrons. The summed E-state index contributed by atoms with van der Waals surface area (Å²) in [7, 11) is 1.62. The van der Waals surface area contributed by atoms with Crippen molar-refractivity contribution in [1.29, 1.82) is 0 Å². The number of methoxy groups -OCH3 is 1. The highest BCUT2D eigenvalue weighted by atomic mass is 16.5. The zero-order valence-electron chi connectivity index (χ0n) is 11.9. The first kappa shape index (κ1) is 15.0. The van der Waals surface area contributed by atoms with E-state index in [9.17, 15) is 9.90 Å². The molecule has 2 unspecified atom stereocenters. The van der Waals surface area contributed by atoms with Crippen LogP contribution in [-0.2, 0) is 14.3 Å². The highest BCUT2D eigenvalue weighted by molar-refractivity contribution is 5.75. The topological polar surface area (TPSA) is 59.0 Å². The number of morpholine rings is 1. The molecule has 0 spiro atoms. The number of hydrogen-bond donors (Lipinski definition) is 1. The summed E-state index contributed by atoms with van der Waals surface area (Å²) >= 11 is 0. The number of aliphatic carboxylic acids is 1. The molecular weight excluding hydrogens is 258 g/mol. The maximum absolute atomic E-state index is 11.7. The molecule has 1 aliphatic heterocycles. The van der Waals surface area contributed by atoms with Crippen molar-refractivity contribution in [2.75, 3.05) is 33.4 Å². The van der Waals surface area contributed by atoms with E-state index in [4.69, 9.17) is 9.47 Å². The molecule has 1 fully saturated rings. The van der Waals surface area contributed by atoms with Gasteiger partial charge in [-0.05, 0) is 12.5 Å². The molecule has 1 aromatic rings. The van der Waals surface area contributed by atoms with Crippen molar-refractivity contribution in [3.8, 4) is 0 Å². The molecule has 0 bridgehead atoms. The van der Waals surface area contributed by atoms with Gasteiger partial charge in [0.2, 0.25) is 0 Å². The highest BCUT2D eigenvalue weighted by Gasteiger charge is 2.38. The second-order valence-corrected chi connectivity index (χ2v) is 5.35. The second-order valence-electron chi connectivity index (χ2n) is 5.35. The molecule has 1 heterocycles. The molecule has 0 saturated carbocycles.